The third-order valence-corrected chi connectivity index (χ3v) is 6.05. The Hall–Kier alpha value is -1.10. The van der Waals surface area contributed by atoms with Crippen LogP contribution in [0.15, 0.2) is 0 Å². The number of hydrogen-bond acceptors (Lipinski definition) is 5. The lowest BCUT2D eigenvalue weighted by molar-refractivity contribution is -0.170. The Morgan fingerprint density at radius 1 is 1.11 bits per heavy atom. The van der Waals surface area contributed by atoms with Crippen molar-refractivity contribution in [1.82, 2.24) is 4.90 Å². The summed E-state index contributed by atoms with van der Waals surface area (Å²) in [6, 6.07) is 0. The molecule has 1 rings (SSSR count). The van der Waals surface area contributed by atoms with Crippen molar-refractivity contribution >= 4 is 11.9 Å². The molecule has 0 bridgehead atoms. The van der Waals surface area contributed by atoms with Crippen LogP contribution in [-0.2, 0) is 19.1 Å². The normalized spacial score (nSPS) is 24.5. The molecule has 0 aromatic rings. The first kappa shape index (κ1) is 24.9. The first-order valence-corrected chi connectivity index (χ1v) is 10.7. The Kier molecular flexibility index (Phi) is 8.55. The largest absolute Gasteiger partial charge is 0.464 e. The summed E-state index contributed by atoms with van der Waals surface area (Å²) in [4.78, 5) is 27.7. The lowest BCUT2D eigenvalue weighted by atomic mass is 9.70. The molecule has 5 heteroatoms. The Morgan fingerprint density at radius 2 is 1.71 bits per heavy atom. The molecule has 28 heavy (non-hydrogen) atoms. The van der Waals surface area contributed by atoms with Gasteiger partial charge in [0.2, 0.25) is 0 Å². The number of rotatable bonds is 9. The molecule has 3 atom stereocenters. The van der Waals surface area contributed by atoms with Gasteiger partial charge in [-0.2, -0.15) is 0 Å². The first-order chi connectivity index (χ1) is 12.7. The van der Waals surface area contributed by atoms with Crippen LogP contribution in [0.4, 0.5) is 0 Å². The summed E-state index contributed by atoms with van der Waals surface area (Å²) < 4.78 is 11.4. The minimum Gasteiger partial charge on any atom is -0.464 e. The van der Waals surface area contributed by atoms with Crippen LogP contribution in [0.5, 0.6) is 0 Å². The molecule has 0 aliphatic heterocycles. The Balaban J connectivity index is 2.76. The second-order valence-corrected chi connectivity index (χ2v) is 10.9. The monoisotopic (exact) mass is 397 g/mol. The zero-order valence-electron chi connectivity index (χ0n) is 19.7. The molecule has 1 saturated carbocycles. The van der Waals surface area contributed by atoms with E-state index in [-0.39, 0.29) is 23.5 Å². The summed E-state index contributed by atoms with van der Waals surface area (Å²) in [6.07, 6.45) is 4.00. The number of hydrogen-bond donors (Lipinski definition) is 0. The molecule has 0 radical (unpaired) electrons. The average Bonchev–Trinajstić information content (AvgIpc) is 2.51. The van der Waals surface area contributed by atoms with E-state index in [4.69, 9.17) is 9.47 Å². The number of esters is 2. The van der Waals surface area contributed by atoms with Crippen molar-refractivity contribution in [3.8, 4) is 0 Å². The molecular weight excluding hydrogens is 354 g/mol. The summed E-state index contributed by atoms with van der Waals surface area (Å²) in [6.45, 7) is 15.4. The summed E-state index contributed by atoms with van der Waals surface area (Å²) in [5, 5.41) is 0. The molecule has 0 aromatic heterocycles. The number of nitrogens with zero attached hydrogens (tertiary/aromatic N) is 1. The van der Waals surface area contributed by atoms with Crippen LogP contribution in [0.2, 0.25) is 0 Å². The second kappa shape index (κ2) is 9.60. The Labute approximate surface area is 172 Å². The highest BCUT2D eigenvalue weighted by atomic mass is 16.5. The molecular formula is C23H43NO4. The molecule has 5 nitrogen and oxygen atoms in total. The van der Waals surface area contributed by atoms with Crippen molar-refractivity contribution in [2.24, 2.45) is 22.2 Å². The predicted molar refractivity (Wildman–Crippen MR) is 113 cm³/mol. The van der Waals surface area contributed by atoms with Gasteiger partial charge in [0, 0.05) is 6.54 Å². The number of ether oxygens (including phenoxy) is 2. The molecule has 1 aliphatic rings. The van der Waals surface area contributed by atoms with Crippen LogP contribution in [0.1, 0.15) is 80.6 Å². The molecule has 1 aliphatic carbocycles. The Bertz CT molecular complexity index is 541. The van der Waals surface area contributed by atoms with E-state index < -0.39 is 10.8 Å². The maximum absolute atomic E-state index is 13.1. The highest BCUT2D eigenvalue weighted by Gasteiger charge is 2.44. The maximum Gasteiger partial charge on any atom is 0.312 e. The lowest BCUT2D eigenvalue weighted by Gasteiger charge is -2.40. The molecule has 1 fully saturated rings. The van der Waals surface area contributed by atoms with Crippen molar-refractivity contribution in [3.05, 3.63) is 0 Å². The number of carbonyl (C=O) groups excluding carboxylic acids is 2. The van der Waals surface area contributed by atoms with E-state index in [1.807, 2.05) is 46.7 Å². The fourth-order valence-corrected chi connectivity index (χ4v) is 4.55. The van der Waals surface area contributed by atoms with Crippen molar-refractivity contribution in [1.29, 1.82) is 0 Å². The molecule has 0 aromatic carbocycles. The van der Waals surface area contributed by atoms with Gasteiger partial charge in [-0.25, -0.2) is 0 Å². The zero-order chi connectivity index (χ0) is 21.8. The number of carbonyl (C=O) groups is 2. The van der Waals surface area contributed by atoms with Gasteiger partial charge in [-0.1, -0.05) is 27.7 Å². The van der Waals surface area contributed by atoms with E-state index in [0.29, 0.717) is 31.9 Å². The van der Waals surface area contributed by atoms with Gasteiger partial charge >= 0.3 is 11.9 Å². The SMILES string of the molecule is CCC(C)(CC(C)(C)C(=O)OCCN(C)C)C(=O)OC1CC(C)CC(C)(C)C1. The highest BCUT2D eigenvalue weighted by molar-refractivity contribution is 5.80. The quantitative estimate of drug-likeness (QED) is 0.529. The fourth-order valence-electron chi connectivity index (χ4n) is 4.55. The maximum atomic E-state index is 13.1. The minimum atomic E-state index is -0.741. The van der Waals surface area contributed by atoms with Crippen LogP contribution < -0.4 is 0 Å². The fraction of sp³-hybridized carbons (Fsp3) is 0.913. The van der Waals surface area contributed by atoms with Crippen LogP contribution in [0.3, 0.4) is 0 Å². The molecule has 0 saturated heterocycles. The summed E-state index contributed by atoms with van der Waals surface area (Å²) >= 11 is 0. The van der Waals surface area contributed by atoms with Crippen molar-refractivity contribution in [2.75, 3.05) is 27.2 Å². The first-order valence-electron chi connectivity index (χ1n) is 10.7. The summed E-state index contributed by atoms with van der Waals surface area (Å²) in [5.41, 5.74) is -1.25. The van der Waals surface area contributed by atoms with E-state index >= 15 is 0 Å². The van der Waals surface area contributed by atoms with E-state index in [2.05, 4.69) is 20.8 Å². The highest BCUT2D eigenvalue weighted by Crippen LogP contribution is 2.42. The van der Waals surface area contributed by atoms with Crippen LogP contribution in [0.25, 0.3) is 0 Å². The third kappa shape index (κ3) is 7.38. The smallest absolute Gasteiger partial charge is 0.312 e. The van der Waals surface area contributed by atoms with E-state index in [1.54, 1.807) is 0 Å². The topological polar surface area (TPSA) is 55.8 Å². The van der Waals surface area contributed by atoms with Crippen LogP contribution >= 0.6 is 0 Å². The van der Waals surface area contributed by atoms with Gasteiger partial charge in [0.05, 0.1) is 10.8 Å². The molecule has 0 amide bonds. The van der Waals surface area contributed by atoms with Crippen LogP contribution in [-0.4, -0.2) is 50.2 Å². The van der Waals surface area contributed by atoms with Crippen molar-refractivity contribution in [2.45, 2.75) is 86.7 Å². The van der Waals surface area contributed by atoms with Crippen LogP contribution in [0, 0.1) is 22.2 Å². The predicted octanol–water partition coefficient (Wildman–Crippen LogP) is 4.68. The van der Waals surface area contributed by atoms with E-state index in [9.17, 15) is 9.59 Å². The molecule has 0 heterocycles. The zero-order valence-corrected chi connectivity index (χ0v) is 19.7. The van der Waals surface area contributed by atoms with Crippen molar-refractivity contribution in [3.63, 3.8) is 0 Å². The van der Waals surface area contributed by atoms with Gasteiger partial charge in [0.1, 0.15) is 12.7 Å². The van der Waals surface area contributed by atoms with E-state index in [1.165, 1.54) is 0 Å². The summed E-state index contributed by atoms with van der Waals surface area (Å²) in [5.74, 6) is 0.117. The van der Waals surface area contributed by atoms with Gasteiger partial charge in [0.15, 0.2) is 0 Å². The molecule has 3 unspecified atom stereocenters. The molecule has 164 valence electrons. The summed E-state index contributed by atoms with van der Waals surface area (Å²) in [7, 11) is 3.88. The Morgan fingerprint density at radius 3 is 2.21 bits per heavy atom. The third-order valence-electron chi connectivity index (χ3n) is 6.05. The van der Waals surface area contributed by atoms with Gasteiger partial charge < -0.3 is 14.4 Å². The van der Waals surface area contributed by atoms with Crippen molar-refractivity contribution < 1.29 is 19.1 Å². The van der Waals surface area contributed by atoms with E-state index in [0.717, 1.165) is 19.3 Å². The van der Waals surface area contributed by atoms with Gasteiger partial charge in [-0.15, -0.1) is 0 Å². The minimum absolute atomic E-state index is 0.0349. The average molecular weight is 398 g/mol. The molecule has 0 N–H and O–H groups in total. The van der Waals surface area contributed by atoms with Gasteiger partial charge in [-0.3, -0.25) is 9.59 Å². The standard InChI is InChI=1S/C23H43NO4/c1-10-23(7,16-22(5,6)19(25)27-12-11-24(8)9)20(26)28-18-13-17(2)14-21(3,4)15-18/h17-18H,10-16H2,1-9H3. The number of likely N-dealkylation sites (N-methyl/N-ethyl adjacent to an activating group) is 1. The lowest BCUT2D eigenvalue weighted by Crippen LogP contribution is -2.42. The second-order valence-electron chi connectivity index (χ2n) is 10.9. The van der Waals surface area contributed by atoms with Gasteiger partial charge in [0.25, 0.3) is 0 Å². The van der Waals surface area contributed by atoms with Gasteiger partial charge in [-0.05, 0) is 78.3 Å². The molecule has 0 spiro atoms.